The molecule has 4 N–H and O–H groups in total. The Balaban J connectivity index is 1.99. The molecule has 0 fully saturated rings. The molecule has 24 heavy (non-hydrogen) atoms. The lowest BCUT2D eigenvalue weighted by Crippen LogP contribution is -2.10. The maximum Gasteiger partial charge on any atom is 0.200 e. The minimum Gasteiger partial charge on any atom is -0.384 e. The second-order valence-electron chi connectivity index (χ2n) is 5.45. The number of amidine groups is 1. The van der Waals surface area contributed by atoms with Crippen LogP contribution < -0.4 is 11.1 Å². The molecule has 2 aromatic carbocycles. The molecule has 1 heterocycles. The van der Waals surface area contributed by atoms with Crippen molar-refractivity contribution in [2.24, 2.45) is 5.73 Å². The fourth-order valence-corrected chi connectivity index (χ4v) is 2.47. The van der Waals surface area contributed by atoms with Gasteiger partial charge in [0.15, 0.2) is 6.33 Å². The second-order valence-corrected chi connectivity index (χ2v) is 5.45. The molecule has 0 atom stereocenters. The number of anilines is 2. The van der Waals surface area contributed by atoms with Crippen LogP contribution >= 0.6 is 0 Å². The zero-order valence-corrected chi connectivity index (χ0v) is 13.3. The van der Waals surface area contributed by atoms with Crippen molar-refractivity contribution in [3.63, 3.8) is 0 Å². The molecule has 0 aliphatic heterocycles. The highest BCUT2D eigenvalue weighted by molar-refractivity contribution is 5.95. The third kappa shape index (κ3) is 3.25. The quantitative estimate of drug-likeness (QED) is 0.508. The lowest BCUT2D eigenvalue weighted by Gasteiger charge is -2.13. The molecule has 5 heteroatoms. The summed E-state index contributed by atoms with van der Waals surface area (Å²) in [5.74, 6) is 0.712. The smallest absolute Gasteiger partial charge is 0.200 e. The van der Waals surface area contributed by atoms with Crippen LogP contribution in [-0.4, -0.2) is 15.8 Å². The summed E-state index contributed by atoms with van der Waals surface area (Å²) in [5, 5.41) is 10.7. The van der Waals surface area contributed by atoms with Crippen molar-refractivity contribution in [1.29, 1.82) is 5.41 Å². The Morgan fingerprint density at radius 3 is 2.58 bits per heavy atom. The SMILES string of the molecule is [CH2]c1cccc(-c2c(C)n[c]nc2Nc2ccc(C(=N)N)cc2)c1. The third-order valence-electron chi connectivity index (χ3n) is 3.65. The van der Waals surface area contributed by atoms with Gasteiger partial charge in [0, 0.05) is 16.8 Å². The number of hydrogen-bond acceptors (Lipinski definition) is 4. The molecule has 5 nitrogen and oxygen atoms in total. The van der Waals surface area contributed by atoms with E-state index in [0.29, 0.717) is 11.4 Å². The van der Waals surface area contributed by atoms with Crippen LogP contribution in [0, 0.1) is 25.6 Å². The molecule has 3 rings (SSSR count). The van der Waals surface area contributed by atoms with Gasteiger partial charge in [0.25, 0.3) is 0 Å². The van der Waals surface area contributed by atoms with Gasteiger partial charge in [-0.25, -0.2) is 9.97 Å². The van der Waals surface area contributed by atoms with Crippen molar-refractivity contribution in [3.8, 4) is 11.1 Å². The summed E-state index contributed by atoms with van der Waals surface area (Å²) in [6.07, 6.45) is 2.67. The Morgan fingerprint density at radius 2 is 1.92 bits per heavy atom. The predicted octanol–water partition coefficient (Wildman–Crippen LogP) is 3.46. The van der Waals surface area contributed by atoms with Gasteiger partial charge in [-0.1, -0.05) is 24.3 Å². The Kier molecular flexibility index (Phi) is 4.24. The number of aromatic nitrogens is 2. The molecule has 2 radical (unpaired) electrons. The number of hydrogen-bond donors (Lipinski definition) is 3. The average molecular weight is 315 g/mol. The number of nitrogens with two attached hydrogens (primary N) is 1. The van der Waals surface area contributed by atoms with Gasteiger partial charge in [0.1, 0.15) is 11.7 Å². The molecule has 118 valence electrons. The van der Waals surface area contributed by atoms with E-state index >= 15 is 0 Å². The molecule has 1 aromatic heterocycles. The first-order valence-electron chi connectivity index (χ1n) is 7.43. The summed E-state index contributed by atoms with van der Waals surface area (Å²) < 4.78 is 0. The summed E-state index contributed by atoms with van der Waals surface area (Å²) in [6.45, 7) is 5.90. The van der Waals surface area contributed by atoms with Crippen molar-refractivity contribution in [2.75, 3.05) is 5.32 Å². The molecule has 3 aromatic rings. The van der Waals surface area contributed by atoms with Gasteiger partial charge in [-0.05, 0) is 49.2 Å². The highest BCUT2D eigenvalue weighted by atomic mass is 15.0. The van der Waals surface area contributed by atoms with E-state index in [1.807, 2.05) is 43.3 Å². The molecular formula is C19H17N5. The topological polar surface area (TPSA) is 87.7 Å². The zero-order chi connectivity index (χ0) is 17.1. The van der Waals surface area contributed by atoms with Gasteiger partial charge < -0.3 is 11.1 Å². The molecule has 0 aliphatic carbocycles. The van der Waals surface area contributed by atoms with Crippen molar-refractivity contribution < 1.29 is 0 Å². The van der Waals surface area contributed by atoms with Crippen LogP contribution in [0.4, 0.5) is 11.5 Å². The highest BCUT2D eigenvalue weighted by Gasteiger charge is 2.12. The van der Waals surface area contributed by atoms with Crippen molar-refractivity contribution >= 4 is 17.3 Å². The molecular weight excluding hydrogens is 298 g/mol. The Hall–Kier alpha value is -3.21. The van der Waals surface area contributed by atoms with E-state index in [-0.39, 0.29) is 5.84 Å². The van der Waals surface area contributed by atoms with Gasteiger partial charge in [-0.15, -0.1) is 0 Å². The van der Waals surface area contributed by atoms with Crippen LogP contribution in [0.3, 0.4) is 0 Å². The normalized spacial score (nSPS) is 10.4. The van der Waals surface area contributed by atoms with E-state index in [0.717, 1.165) is 28.1 Å². The van der Waals surface area contributed by atoms with Crippen LogP contribution in [0.25, 0.3) is 11.1 Å². The molecule has 0 aliphatic rings. The van der Waals surface area contributed by atoms with Crippen molar-refractivity contribution in [2.45, 2.75) is 6.92 Å². The summed E-state index contributed by atoms with van der Waals surface area (Å²) in [6, 6.07) is 15.2. The predicted molar refractivity (Wildman–Crippen MR) is 96.2 cm³/mol. The average Bonchev–Trinajstić information content (AvgIpc) is 2.55. The fourth-order valence-electron chi connectivity index (χ4n) is 2.47. The lowest BCUT2D eigenvalue weighted by atomic mass is 10.0. The van der Waals surface area contributed by atoms with Crippen molar-refractivity contribution in [1.82, 2.24) is 9.97 Å². The first kappa shape index (κ1) is 15.7. The largest absolute Gasteiger partial charge is 0.384 e. The van der Waals surface area contributed by atoms with E-state index in [1.54, 1.807) is 12.1 Å². The first-order chi connectivity index (χ1) is 11.5. The van der Waals surface area contributed by atoms with Crippen LogP contribution in [0.1, 0.15) is 16.8 Å². The molecule has 0 saturated heterocycles. The van der Waals surface area contributed by atoms with Gasteiger partial charge >= 0.3 is 0 Å². The maximum atomic E-state index is 7.45. The number of nitrogens with zero attached hydrogens (tertiary/aromatic N) is 2. The molecule has 0 unspecified atom stereocenters. The van der Waals surface area contributed by atoms with E-state index < -0.39 is 0 Å². The van der Waals surface area contributed by atoms with Crippen LogP contribution in [0.15, 0.2) is 48.5 Å². The first-order valence-corrected chi connectivity index (χ1v) is 7.43. The summed E-state index contributed by atoms with van der Waals surface area (Å²) >= 11 is 0. The monoisotopic (exact) mass is 315 g/mol. The summed E-state index contributed by atoms with van der Waals surface area (Å²) in [5.41, 5.74) is 10.7. The van der Waals surface area contributed by atoms with Gasteiger partial charge in [-0.2, -0.15) is 0 Å². The van der Waals surface area contributed by atoms with E-state index in [9.17, 15) is 0 Å². The van der Waals surface area contributed by atoms with Gasteiger partial charge in [0.2, 0.25) is 0 Å². The van der Waals surface area contributed by atoms with Crippen LogP contribution in [0.2, 0.25) is 0 Å². The Labute approximate surface area is 141 Å². The number of benzene rings is 2. The highest BCUT2D eigenvalue weighted by Crippen LogP contribution is 2.30. The minimum absolute atomic E-state index is 0.0423. The van der Waals surface area contributed by atoms with E-state index in [4.69, 9.17) is 11.1 Å². The third-order valence-corrected chi connectivity index (χ3v) is 3.65. The Bertz CT molecular complexity index is 885. The van der Waals surface area contributed by atoms with E-state index in [2.05, 4.69) is 28.5 Å². The van der Waals surface area contributed by atoms with Crippen LogP contribution in [0.5, 0.6) is 0 Å². The summed E-state index contributed by atoms with van der Waals surface area (Å²) in [7, 11) is 0. The fraction of sp³-hybridized carbons (Fsp3) is 0.0526. The molecule has 0 spiro atoms. The van der Waals surface area contributed by atoms with E-state index in [1.165, 1.54) is 0 Å². The van der Waals surface area contributed by atoms with Gasteiger partial charge in [0.05, 0.1) is 5.69 Å². The lowest BCUT2D eigenvalue weighted by molar-refractivity contribution is 1.09. The number of nitrogen functional groups attached to an aromatic ring is 1. The molecule has 0 saturated carbocycles. The number of rotatable bonds is 4. The molecule has 0 amide bonds. The standard InChI is InChI=1S/C19H17N5/c1-12-4-3-5-15(10-12)17-13(2)22-11-23-19(17)24-16-8-6-14(7-9-16)18(20)21/h3-10H,1H2,2H3,(H3,20,21)(H,22,23,24). The van der Waals surface area contributed by atoms with Crippen molar-refractivity contribution in [3.05, 3.63) is 78.6 Å². The summed E-state index contributed by atoms with van der Waals surface area (Å²) in [4.78, 5) is 8.45. The number of aryl methyl sites for hydroxylation is 1. The maximum absolute atomic E-state index is 7.45. The number of nitrogens with one attached hydrogen (secondary N) is 2. The Morgan fingerprint density at radius 1 is 1.17 bits per heavy atom. The van der Waals surface area contributed by atoms with Crippen LogP contribution in [-0.2, 0) is 0 Å². The van der Waals surface area contributed by atoms with Gasteiger partial charge in [-0.3, -0.25) is 5.41 Å². The second kappa shape index (κ2) is 6.50. The zero-order valence-electron chi connectivity index (χ0n) is 13.3. The molecule has 0 bridgehead atoms. The minimum atomic E-state index is 0.0423.